The topological polar surface area (TPSA) is 54.4 Å². The van der Waals surface area contributed by atoms with E-state index in [9.17, 15) is 14.7 Å². The van der Waals surface area contributed by atoms with Crippen molar-refractivity contribution in [1.29, 1.82) is 0 Å². The Hall–Kier alpha value is -3.20. The standard InChI is InChI=1S/C21H16O3/c1-2-14-7-9-16(10-8-14)19(22)13-20(23)18-12-11-15-5-3-4-6-17(15)21(18)24/h2-12,24H,1,13H2. The number of hydrogen-bond acceptors (Lipinski definition) is 3. The average molecular weight is 316 g/mol. The van der Waals surface area contributed by atoms with Crippen molar-refractivity contribution < 1.29 is 14.7 Å². The maximum atomic E-state index is 12.4. The highest BCUT2D eigenvalue weighted by atomic mass is 16.3. The molecular formula is C21H16O3. The van der Waals surface area contributed by atoms with Crippen molar-refractivity contribution >= 4 is 28.4 Å². The van der Waals surface area contributed by atoms with E-state index >= 15 is 0 Å². The van der Waals surface area contributed by atoms with Crippen LogP contribution in [0.2, 0.25) is 0 Å². The van der Waals surface area contributed by atoms with Gasteiger partial charge < -0.3 is 5.11 Å². The fourth-order valence-electron chi connectivity index (χ4n) is 2.63. The van der Waals surface area contributed by atoms with Gasteiger partial charge in [0.2, 0.25) is 0 Å². The lowest BCUT2D eigenvalue weighted by atomic mass is 9.97. The van der Waals surface area contributed by atoms with Crippen LogP contribution in [0.3, 0.4) is 0 Å². The molecule has 3 aromatic rings. The van der Waals surface area contributed by atoms with Gasteiger partial charge in [0, 0.05) is 10.9 Å². The number of carbonyl (C=O) groups excluding carboxylic acids is 2. The summed E-state index contributed by atoms with van der Waals surface area (Å²) in [7, 11) is 0. The number of ketones is 2. The number of phenolic OH excluding ortho intramolecular Hbond substituents is 1. The third-order valence-corrected chi connectivity index (χ3v) is 3.99. The molecular weight excluding hydrogens is 300 g/mol. The van der Waals surface area contributed by atoms with Gasteiger partial charge in [0.05, 0.1) is 12.0 Å². The van der Waals surface area contributed by atoms with E-state index in [2.05, 4.69) is 6.58 Å². The van der Waals surface area contributed by atoms with Crippen molar-refractivity contribution in [1.82, 2.24) is 0 Å². The monoisotopic (exact) mass is 316 g/mol. The van der Waals surface area contributed by atoms with E-state index in [1.54, 1.807) is 54.6 Å². The molecule has 0 aliphatic rings. The van der Waals surface area contributed by atoms with Crippen molar-refractivity contribution in [3.05, 3.63) is 83.9 Å². The van der Waals surface area contributed by atoms with Gasteiger partial charge in [-0.25, -0.2) is 0 Å². The van der Waals surface area contributed by atoms with Crippen LogP contribution in [-0.4, -0.2) is 16.7 Å². The minimum absolute atomic E-state index is 0.0760. The number of rotatable bonds is 5. The van der Waals surface area contributed by atoms with Crippen LogP contribution in [0.4, 0.5) is 0 Å². The first-order valence-electron chi connectivity index (χ1n) is 7.60. The number of fused-ring (bicyclic) bond motifs is 1. The fraction of sp³-hybridized carbons (Fsp3) is 0.0476. The molecule has 3 nitrogen and oxygen atoms in total. The third-order valence-electron chi connectivity index (χ3n) is 3.99. The van der Waals surface area contributed by atoms with Crippen LogP contribution in [0, 0.1) is 0 Å². The summed E-state index contributed by atoms with van der Waals surface area (Å²) in [6, 6.07) is 17.5. The quantitative estimate of drug-likeness (QED) is 0.551. The Bertz CT molecular complexity index is 937. The first-order valence-corrected chi connectivity index (χ1v) is 7.60. The molecule has 0 aliphatic heterocycles. The Kier molecular flexibility index (Phi) is 4.25. The molecule has 0 saturated carbocycles. The molecule has 118 valence electrons. The van der Waals surface area contributed by atoms with Gasteiger partial charge in [-0.15, -0.1) is 0 Å². The van der Waals surface area contributed by atoms with Gasteiger partial charge in [0.15, 0.2) is 11.6 Å². The largest absolute Gasteiger partial charge is 0.507 e. The molecule has 0 fully saturated rings. The van der Waals surface area contributed by atoms with Crippen molar-refractivity contribution in [3.8, 4) is 5.75 Å². The smallest absolute Gasteiger partial charge is 0.174 e. The molecule has 0 radical (unpaired) electrons. The lowest BCUT2D eigenvalue weighted by molar-refractivity contribution is 0.0893. The van der Waals surface area contributed by atoms with E-state index in [0.29, 0.717) is 10.9 Å². The molecule has 0 saturated heterocycles. The lowest BCUT2D eigenvalue weighted by Crippen LogP contribution is -2.09. The van der Waals surface area contributed by atoms with Crippen LogP contribution in [0.15, 0.2) is 67.2 Å². The zero-order chi connectivity index (χ0) is 17.1. The number of hydrogen-bond donors (Lipinski definition) is 1. The summed E-state index contributed by atoms with van der Waals surface area (Å²) in [6.07, 6.45) is 1.41. The van der Waals surface area contributed by atoms with E-state index in [0.717, 1.165) is 10.9 Å². The van der Waals surface area contributed by atoms with Crippen LogP contribution in [-0.2, 0) is 0 Å². The minimum atomic E-state index is -0.393. The maximum absolute atomic E-state index is 12.4. The van der Waals surface area contributed by atoms with Crippen molar-refractivity contribution in [3.63, 3.8) is 0 Å². The molecule has 0 bridgehead atoms. The first kappa shape index (κ1) is 15.7. The van der Waals surface area contributed by atoms with Crippen LogP contribution in [0.25, 0.3) is 16.8 Å². The van der Waals surface area contributed by atoms with Crippen LogP contribution < -0.4 is 0 Å². The van der Waals surface area contributed by atoms with Crippen LogP contribution in [0.1, 0.15) is 32.7 Å². The molecule has 0 spiro atoms. The number of Topliss-reactive ketones (excluding diaryl/α,β-unsaturated/α-hetero) is 2. The van der Waals surface area contributed by atoms with Gasteiger partial charge >= 0.3 is 0 Å². The highest BCUT2D eigenvalue weighted by Gasteiger charge is 2.18. The Labute approximate surface area is 139 Å². The molecule has 0 atom stereocenters. The summed E-state index contributed by atoms with van der Waals surface area (Å²) in [5, 5.41) is 11.8. The Morgan fingerprint density at radius 3 is 2.33 bits per heavy atom. The van der Waals surface area contributed by atoms with Crippen LogP contribution >= 0.6 is 0 Å². The second kappa shape index (κ2) is 6.50. The number of benzene rings is 3. The molecule has 0 unspecified atom stereocenters. The second-order valence-corrected chi connectivity index (χ2v) is 5.53. The summed E-state index contributed by atoms with van der Waals surface area (Å²) in [6.45, 7) is 3.66. The Morgan fingerprint density at radius 1 is 0.917 bits per heavy atom. The Balaban J connectivity index is 1.85. The summed E-state index contributed by atoms with van der Waals surface area (Å²) in [4.78, 5) is 24.7. The summed E-state index contributed by atoms with van der Waals surface area (Å²) >= 11 is 0. The molecule has 0 aromatic heterocycles. The Morgan fingerprint density at radius 2 is 1.62 bits per heavy atom. The highest BCUT2D eigenvalue weighted by Crippen LogP contribution is 2.29. The third kappa shape index (κ3) is 2.97. The highest BCUT2D eigenvalue weighted by molar-refractivity contribution is 6.16. The minimum Gasteiger partial charge on any atom is -0.507 e. The zero-order valence-corrected chi connectivity index (χ0v) is 13.0. The SMILES string of the molecule is C=Cc1ccc(C(=O)CC(=O)c2ccc3ccccc3c2O)cc1. The molecule has 3 heteroatoms. The summed E-state index contributed by atoms with van der Waals surface area (Å²) in [5.74, 6) is -0.743. The van der Waals surface area contributed by atoms with Gasteiger partial charge in [0.1, 0.15) is 5.75 Å². The number of aromatic hydroxyl groups is 1. The normalized spacial score (nSPS) is 10.5. The van der Waals surface area contributed by atoms with Gasteiger partial charge in [-0.1, -0.05) is 67.3 Å². The van der Waals surface area contributed by atoms with Crippen LogP contribution in [0.5, 0.6) is 5.75 Å². The molecule has 3 aromatic carbocycles. The van der Waals surface area contributed by atoms with Gasteiger partial charge in [-0.2, -0.15) is 0 Å². The van der Waals surface area contributed by atoms with Crippen molar-refractivity contribution in [2.45, 2.75) is 6.42 Å². The summed E-state index contributed by atoms with van der Waals surface area (Å²) in [5.41, 5.74) is 1.55. The van der Waals surface area contributed by atoms with E-state index in [1.807, 2.05) is 12.1 Å². The maximum Gasteiger partial charge on any atom is 0.174 e. The van der Waals surface area contributed by atoms with E-state index in [1.165, 1.54) is 0 Å². The number of phenols is 1. The molecule has 1 N–H and O–H groups in total. The fourth-order valence-corrected chi connectivity index (χ4v) is 2.63. The molecule has 0 amide bonds. The zero-order valence-electron chi connectivity index (χ0n) is 13.0. The van der Waals surface area contributed by atoms with Gasteiger partial charge in [0.25, 0.3) is 0 Å². The lowest BCUT2D eigenvalue weighted by Gasteiger charge is -2.07. The summed E-state index contributed by atoms with van der Waals surface area (Å²) < 4.78 is 0. The van der Waals surface area contributed by atoms with Gasteiger partial charge in [-0.3, -0.25) is 9.59 Å². The van der Waals surface area contributed by atoms with E-state index < -0.39 is 5.78 Å². The predicted molar refractivity (Wildman–Crippen MR) is 95.4 cm³/mol. The van der Waals surface area contributed by atoms with Crippen molar-refractivity contribution in [2.75, 3.05) is 0 Å². The average Bonchev–Trinajstić information content (AvgIpc) is 2.62. The first-order chi connectivity index (χ1) is 11.6. The molecule has 3 rings (SSSR count). The molecule has 0 heterocycles. The molecule has 0 aliphatic carbocycles. The second-order valence-electron chi connectivity index (χ2n) is 5.53. The van der Waals surface area contributed by atoms with E-state index in [-0.39, 0.29) is 23.5 Å². The van der Waals surface area contributed by atoms with E-state index in [4.69, 9.17) is 0 Å². The molecule has 24 heavy (non-hydrogen) atoms. The predicted octanol–water partition coefficient (Wildman–Crippen LogP) is 4.64. The van der Waals surface area contributed by atoms with Gasteiger partial charge in [-0.05, 0) is 17.0 Å². The van der Waals surface area contributed by atoms with Crippen molar-refractivity contribution in [2.24, 2.45) is 0 Å². The number of carbonyl (C=O) groups is 2.